The fourth-order valence-electron chi connectivity index (χ4n) is 0.504. The van der Waals surface area contributed by atoms with Gasteiger partial charge in [-0.15, -0.1) is 28.3 Å². The van der Waals surface area contributed by atoms with Crippen LogP contribution in [0.15, 0.2) is 11.6 Å². The van der Waals surface area contributed by atoms with E-state index in [1.165, 1.54) is 11.3 Å². The number of hydrogen-bond donors (Lipinski definition) is 2. The minimum atomic E-state index is -0.487. The second-order valence-corrected chi connectivity index (χ2v) is 3.01. The highest BCUT2D eigenvalue weighted by Crippen LogP contribution is 2.09. The first-order valence-electron chi connectivity index (χ1n) is 3.16. The lowest BCUT2D eigenvalue weighted by atomic mass is 10.3. The van der Waals surface area contributed by atoms with E-state index < -0.39 is 6.04 Å². The number of amides is 1. The van der Waals surface area contributed by atoms with Crippen LogP contribution in [0.4, 0.5) is 5.13 Å². The van der Waals surface area contributed by atoms with Crippen molar-refractivity contribution >= 4 is 39.4 Å². The third-order valence-corrected chi connectivity index (χ3v) is 1.76. The molecule has 3 N–H and O–H groups in total. The Balaban J connectivity index is 0.00000121. The molecule has 0 aliphatic heterocycles. The summed E-state index contributed by atoms with van der Waals surface area (Å²) >= 11 is 1.37. The highest BCUT2D eigenvalue weighted by atomic mass is 79.9. The molecule has 0 fully saturated rings. The van der Waals surface area contributed by atoms with Gasteiger partial charge < -0.3 is 11.1 Å². The van der Waals surface area contributed by atoms with E-state index in [-0.39, 0.29) is 22.9 Å². The Morgan fingerprint density at radius 2 is 2.50 bits per heavy atom. The molecule has 0 aliphatic rings. The molecule has 0 saturated heterocycles. The molecule has 0 saturated carbocycles. The van der Waals surface area contributed by atoms with E-state index >= 15 is 0 Å². The van der Waals surface area contributed by atoms with Gasteiger partial charge >= 0.3 is 0 Å². The Morgan fingerprint density at radius 1 is 1.83 bits per heavy atom. The van der Waals surface area contributed by atoms with Crippen LogP contribution in [-0.4, -0.2) is 16.9 Å². The molecule has 1 atom stereocenters. The lowest BCUT2D eigenvalue weighted by molar-refractivity contribution is -0.117. The Morgan fingerprint density at radius 3 is 2.92 bits per heavy atom. The quantitative estimate of drug-likeness (QED) is 0.825. The van der Waals surface area contributed by atoms with Gasteiger partial charge in [-0.1, -0.05) is 0 Å². The number of hydrogen-bond acceptors (Lipinski definition) is 4. The molecular formula is C6H10BrN3OS. The fourth-order valence-corrected chi connectivity index (χ4v) is 1.04. The first kappa shape index (κ1) is 11.5. The maximum atomic E-state index is 10.9. The van der Waals surface area contributed by atoms with E-state index in [0.29, 0.717) is 5.13 Å². The van der Waals surface area contributed by atoms with E-state index in [9.17, 15) is 4.79 Å². The van der Waals surface area contributed by atoms with Crippen LogP contribution >= 0.6 is 28.3 Å². The second-order valence-electron chi connectivity index (χ2n) is 2.12. The highest BCUT2D eigenvalue weighted by Gasteiger charge is 2.07. The number of nitrogens with one attached hydrogen (secondary N) is 1. The van der Waals surface area contributed by atoms with Gasteiger partial charge in [0.2, 0.25) is 5.91 Å². The Hall–Kier alpha value is -0.460. The second kappa shape index (κ2) is 5.23. The molecule has 1 aromatic heterocycles. The first-order valence-corrected chi connectivity index (χ1v) is 4.04. The molecule has 1 aromatic rings. The zero-order valence-electron chi connectivity index (χ0n) is 6.48. The number of rotatable bonds is 2. The van der Waals surface area contributed by atoms with Crippen LogP contribution in [0.5, 0.6) is 0 Å². The molecule has 1 heterocycles. The number of anilines is 1. The zero-order valence-corrected chi connectivity index (χ0v) is 9.01. The van der Waals surface area contributed by atoms with Crippen LogP contribution < -0.4 is 11.1 Å². The van der Waals surface area contributed by atoms with Crippen LogP contribution in [0.3, 0.4) is 0 Å². The number of carbonyl (C=O) groups excluding carboxylic acids is 1. The average molecular weight is 252 g/mol. The summed E-state index contributed by atoms with van der Waals surface area (Å²) in [6.45, 7) is 1.63. The van der Waals surface area contributed by atoms with Gasteiger partial charge in [0, 0.05) is 11.6 Å². The summed E-state index contributed by atoms with van der Waals surface area (Å²) in [6.07, 6.45) is 1.63. The van der Waals surface area contributed by atoms with Crippen LogP contribution in [0.1, 0.15) is 6.92 Å². The predicted octanol–water partition coefficient (Wildman–Crippen LogP) is 1.01. The molecule has 12 heavy (non-hydrogen) atoms. The summed E-state index contributed by atoms with van der Waals surface area (Å²) < 4.78 is 0. The standard InChI is InChI=1S/C6H9N3OS.BrH/c1-4(7)5(10)9-6-8-2-3-11-6;/h2-4H,7H2,1H3,(H,8,9,10);1H. The Labute approximate surface area is 85.0 Å². The maximum Gasteiger partial charge on any atom is 0.242 e. The van der Waals surface area contributed by atoms with Crippen molar-refractivity contribution in [2.75, 3.05) is 5.32 Å². The van der Waals surface area contributed by atoms with Gasteiger partial charge in [-0.25, -0.2) is 4.98 Å². The number of aromatic nitrogens is 1. The lowest BCUT2D eigenvalue weighted by Gasteiger charge is -2.02. The van der Waals surface area contributed by atoms with Gasteiger partial charge in [-0.3, -0.25) is 4.79 Å². The van der Waals surface area contributed by atoms with E-state index in [1.807, 2.05) is 0 Å². The van der Waals surface area contributed by atoms with Crippen molar-refractivity contribution in [3.63, 3.8) is 0 Å². The van der Waals surface area contributed by atoms with Crippen molar-refractivity contribution in [1.29, 1.82) is 0 Å². The minimum Gasteiger partial charge on any atom is -0.320 e. The van der Waals surface area contributed by atoms with Crippen molar-refractivity contribution in [2.24, 2.45) is 5.73 Å². The van der Waals surface area contributed by atoms with Crippen LogP contribution in [0.25, 0.3) is 0 Å². The molecule has 0 bridgehead atoms. The summed E-state index contributed by atoms with van der Waals surface area (Å²) in [6, 6.07) is -0.487. The average Bonchev–Trinajstić information content (AvgIpc) is 2.39. The SMILES string of the molecule is Br.CC(N)C(=O)Nc1nccs1. The van der Waals surface area contributed by atoms with E-state index in [2.05, 4.69) is 10.3 Å². The van der Waals surface area contributed by atoms with Crippen LogP contribution in [0.2, 0.25) is 0 Å². The van der Waals surface area contributed by atoms with E-state index in [0.717, 1.165) is 0 Å². The molecule has 4 nitrogen and oxygen atoms in total. The molecule has 1 unspecified atom stereocenters. The van der Waals surface area contributed by atoms with Crippen LogP contribution in [-0.2, 0) is 4.79 Å². The molecule has 68 valence electrons. The van der Waals surface area contributed by atoms with Gasteiger partial charge in [0.1, 0.15) is 0 Å². The van der Waals surface area contributed by atoms with Crippen LogP contribution in [0, 0.1) is 0 Å². The van der Waals surface area contributed by atoms with E-state index in [4.69, 9.17) is 5.73 Å². The predicted molar refractivity (Wildman–Crippen MR) is 54.7 cm³/mol. The zero-order chi connectivity index (χ0) is 8.27. The lowest BCUT2D eigenvalue weighted by Crippen LogP contribution is -2.32. The number of carbonyl (C=O) groups is 1. The number of nitrogens with two attached hydrogens (primary N) is 1. The van der Waals surface area contributed by atoms with Crippen molar-refractivity contribution in [3.8, 4) is 0 Å². The molecule has 0 radical (unpaired) electrons. The number of halogens is 1. The van der Waals surface area contributed by atoms with Gasteiger partial charge in [0.05, 0.1) is 6.04 Å². The molecule has 1 amide bonds. The molecule has 1 rings (SSSR count). The topological polar surface area (TPSA) is 68.0 Å². The molecule has 0 aromatic carbocycles. The summed E-state index contributed by atoms with van der Waals surface area (Å²) in [5.41, 5.74) is 5.32. The summed E-state index contributed by atoms with van der Waals surface area (Å²) in [5, 5.41) is 4.94. The van der Waals surface area contributed by atoms with Gasteiger partial charge in [-0.2, -0.15) is 0 Å². The third-order valence-electron chi connectivity index (χ3n) is 1.08. The third kappa shape index (κ3) is 3.29. The number of nitrogens with zero attached hydrogens (tertiary/aromatic N) is 1. The summed E-state index contributed by atoms with van der Waals surface area (Å²) in [5.74, 6) is -0.208. The largest absolute Gasteiger partial charge is 0.320 e. The summed E-state index contributed by atoms with van der Waals surface area (Å²) in [4.78, 5) is 14.8. The van der Waals surface area contributed by atoms with Gasteiger partial charge in [0.25, 0.3) is 0 Å². The normalized spacial score (nSPS) is 11.5. The van der Waals surface area contributed by atoms with Gasteiger partial charge in [-0.05, 0) is 6.92 Å². The number of thiazole rings is 1. The summed E-state index contributed by atoms with van der Waals surface area (Å²) in [7, 11) is 0. The Kier molecular flexibility index (Phi) is 5.03. The van der Waals surface area contributed by atoms with Crippen molar-refractivity contribution in [1.82, 2.24) is 4.98 Å². The molecular weight excluding hydrogens is 242 g/mol. The fraction of sp³-hybridized carbons (Fsp3) is 0.333. The molecule has 6 heteroatoms. The van der Waals surface area contributed by atoms with Crippen molar-refractivity contribution in [2.45, 2.75) is 13.0 Å². The first-order chi connectivity index (χ1) is 5.20. The van der Waals surface area contributed by atoms with Crippen molar-refractivity contribution < 1.29 is 4.79 Å². The maximum absolute atomic E-state index is 10.9. The van der Waals surface area contributed by atoms with E-state index in [1.54, 1.807) is 18.5 Å². The minimum absolute atomic E-state index is 0. The molecule has 0 spiro atoms. The molecule has 0 aliphatic carbocycles. The Bertz CT molecular complexity index is 237. The highest BCUT2D eigenvalue weighted by molar-refractivity contribution is 8.93. The monoisotopic (exact) mass is 251 g/mol. The smallest absolute Gasteiger partial charge is 0.242 e. The van der Waals surface area contributed by atoms with Crippen molar-refractivity contribution in [3.05, 3.63) is 11.6 Å². The van der Waals surface area contributed by atoms with Gasteiger partial charge in [0.15, 0.2) is 5.13 Å².